The molecule has 1 N–H and O–H groups in total. The summed E-state index contributed by atoms with van der Waals surface area (Å²) in [6.07, 6.45) is 8.50. The predicted octanol–water partition coefficient (Wildman–Crippen LogP) is 5.52. The Bertz CT molecular complexity index is 723. The summed E-state index contributed by atoms with van der Waals surface area (Å²) in [5.74, 6) is -0.288. The van der Waals surface area contributed by atoms with E-state index in [2.05, 4.69) is 26.8 Å². The summed E-state index contributed by atoms with van der Waals surface area (Å²) in [7, 11) is 0. The molecule has 3 aliphatic rings. The van der Waals surface area contributed by atoms with Gasteiger partial charge in [0.25, 0.3) is 0 Å². The van der Waals surface area contributed by atoms with Crippen LogP contribution in [0.1, 0.15) is 92.9 Å². The average molecular weight is 421 g/mol. The van der Waals surface area contributed by atoms with Gasteiger partial charge in [-0.15, -0.1) is 0 Å². The van der Waals surface area contributed by atoms with Gasteiger partial charge < -0.3 is 14.6 Å². The van der Waals surface area contributed by atoms with E-state index < -0.39 is 17.2 Å². The number of fused-ring (bicyclic) bond motifs is 2. The highest BCUT2D eigenvalue weighted by Crippen LogP contribution is 2.66. The maximum Gasteiger partial charge on any atom is 0.306 e. The van der Waals surface area contributed by atoms with Gasteiger partial charge in [-0.2, -0.15) is 0 Å². The molecule has 170 valence electrons. The monoisotopic (exact) mass is 420 g/mol. The van der Waals surface area contributed by atoms with E-state index in [1.54, 1.807) is 0 Å². The standard InChI is InChI=1S/C25H40O5/c1-17(2)14-21(28)29-16-18-8-9-19-22(3,4)10-7-11-24(19,6)25(18)13-12-23(5,30-25)15-20(26)27/h8,17,19H,7,9-16H2,1-6H3,(H,26,27)/t19?,23-,24+,25-/m1/s1. The summed E-state index contributed by atoms with van der Waals surface area (Å²) in [5, 5.41) is 9.47. The third-order valence-electron chi connectivity index (χ3n) is 8.19. The number of carbonyl (C=O) groups is 2. The molecule has 0 aromatic carbocycles. The maximum absolute atomic E-state index is 12.3. The molecule has 0 radical (unpaired) electrons. The van der Waals surface area contributed by atoms with Crippen molar-refractivity contribution in [1.29, 1.82) is 0 Å². The van der Waals surface area contributed by atoms with Crippen LogP contribution < -0.4 is 0 Å². The van der Waals surface area contributed by atoms with Crippen molar-refractivity contribution in [2.24, 2.45) is 22.7 Å². The van der Waals surface area contributed by atoms with Gasteiger partial charge >= 0.3 is 11.9 Å². The van der Waals surface area contributed by atoms with Crippen molar-refractivity contribution in [3.63, 3.8) is 0 Å². The number of ether oxygens (including phenoxy) is 2. The zero-order valence-electron chi connectivity index (χ0n) is 19.7. The Morgan fingerprint density at radius 2 is 1.87 bits per heavy atom. The van der Waals surface area contributed by atoms with Crippen LogP contribution in [0.15, 0.2) is 11.6 Å². The minimum Gasteiger partial charge on any atom is -0.481 e. The maximum atomic E-state index is 12.3. The van der Waals surface area contributed by atoms with Crippen molar-refractivity contribution in [2.75, 3.05) is 6.61 Å². The van der Waals surface area contributed by atoms with Gasteiger partial charge in [0.1, 0.15) is 6.61 Å². The van der Waals surface area contributed by atoms with Gasteiger partial charge in [0.2, 0.25) is 0 Å². The fourth-order valence-electron chi connectivity index (χ4n) is 6.74. The molecular weight excluding hydrogens is 380 g/mol. The molecule has 1 spiro atoms. The van der Waals surface area contributed by atoms with Gasteiger partial charge in [-0.05, 0) is 61.9 Å². The van der Waals surface area contributed by atoms with Crippen LogP contribution in [-0.4, -0.2) is 34.9 Å². The third-order valence-corrected chi connectivity index (χ3v) is 8.19. The molecule has 5 nitrogen and oxygen atoms in total. The Balaban J connectivity index is 1.96. The van der Waals surface area contributed by atoms with E-state index in [9.17, 15) is 14.7 Å². The van der Waals surface area contributed by atoms with Crippen LogP contribution in [0.5, 0.6) is 0 Å². The Labute approximate surface area is 181 Å². The van der Waals surface area contributed by atoms with E-state index in [4.69, 9.17) is 9.47 Å². The first kappa shape index (κ1) is 23.3. The van der Waals surface area contributed by atoms with Gasteiger partial charge in [-0.1, -0.05) is 47.1 Å². The van der Waals surface area contributed by atoms with Gasteiger partial charge in [-0.25, -0.2) is 0 Å². The zero-order valence-corrected chi connectivity index (χ0v) is 19.7. The molecule has 3 rings (SSSR count). The van der Waals surface area contributed by atoms with Gasteiger partial charge in [-0.3, -0.25) is 9.59 Å². The molecule has 0 aromatic rings. The number of aliphatic carboxylic acids is 1. The van der Waals surface area contributed by atoms with Gasteiger partial charge in [0, 0.05) is 11.8 Å². The number of esters is 1. The lowest BCUT2D eigenvalue weighted by atomic mass is 9.46. The Kier molecular flexibility index (Phi) is 6.18. The SMILES string of the molecule is CC(C)CC(=O)OCC1=CCC2C(C)(C)CCC[C@]2(C)[C@@]12CC[C@](C)(CC(=O)O)O2. The molecule has 5 heteroatoms. The molecule has 1 saturated carbocycles. The van der Waals surface area contributed by atoms with Crippen molar-refractivity contribution in [3.05, 3.63) is 11.6 Å². The lowest BCUT2D eigenvalue weighted by molar-refractivity contribution is -0.196. The largest absolute Gasteiger partial charge is 0.481 e. The Morgan fingerprint density at radius 3 is 2.50 bits per heavy atom. The minimum atomic E-state index is -0.829. The van der Waals surface area contributed by atoms with Crippen LogP contribution in [-0.2, 0) is 19.1 Å². The number of carboxylic acid groups (broad SMARTS) is 1. The summed E-state index contributed by atoms with van der Waals surface area (Å²) in [6, 6.07) is 0. The highest BCUT2D eigenvalue weighted by atomic mass is 16.5. The summed E-state index contributed by atoms with van der Waals surface area (Å²) in [6.45, 7) is 13.3. The number of carbonyl (C=O) groups excluding carboxylic acids is 1. The van der Waals surface area contributed by atoms with Gasteiger partial charge in [0.15, 0.2) is 0 Å². The summed E-state index contributed by atoms with van der Waals surface area (Å²) < 4.78 is 12.5. The molecule has 0 bridgehead atoms. The summed E-state index contributed by atoms with van der Waals surface area (Å²) in [5.41, 5.74) is -0.106. The van der Waals surface area contributed by atoms with Crippen molar-refractivity contribution in [1.82, 2.24) is 0 Å². The molecule has 1 saturated heterocycles. The second-order valence-electron chi connectivity index (χ2n) is 11.5. The molecule has 1 aliphatic heterocycles. The Morgan fingerprint density at radius 1 is 1.17 bits per heavy atom. The molecule has 2 fully saturated rings. The van der Waals surface area contributed by atoms with E-state index in [0.29, 0.717) is 18.8 Å². The highest BCUT2D eigenvalue weighted by Gasteiger charge is 2.65. The van der Waals surface area contributed by atoms with Crippen LogP contribution in [0.4, 0.5) is 0 Å². The first-order valence-corrected chi connectivity index (χ1v) is 11.6. The van der Waals surface area contributed by atoms with E-state index in [1.165, 1.54) is 6.42 Å². The van der Waals surface area contributed by atoms with Crippen molar-refractivity contribution < 1.29 is 24.2 Å². The molecule has 30 heavy (non-hydrogen) atoms. The first-order chi connectivity index (χ1) is 13.8. The minimum absolute atomic E-state index is 0.000688. The number of rotatable bonds is 6. The van der Waals surface area contributed by atoms with Crippen molar-refractivity contribution >= 4 is 11.9 Å². The summed E-state index contributed by atoms with van der Waals surface area (Å²) >= 11 is 0. The molecule has 2 aliphatic carbocycles. The Hall–Kier alpha value is -1.36. The van der Waals surface area contributed by atoms with Crippen LogP contribution in [0.3, 0.4) is 0 Å². The second kappa shape index (κ2) is 7.96. The number of hydrogen-bond donors (Lipinski definition) is 1. The van der Waals surface area contributed by atoms with Crippen molar-refractivity contribution in [2.45, 2.75) is 104 Å². The molecule has 0 aromatic heterocycles. The average Bonchev–Trinajstić information content (AvgIpc) is 2.93. The van der Waals surface area contributed by atoms with Crippen molar-refractivity contribution in [3.8, 4) is 0 Å². The van der Waals surface area contributed by atoms with Crippen LogP contribution in [0, 0.1) is 22.7 Å². The smallest absolute Gasteiger partial charge is 0.306 e. The number of carboxylic acids is 1. The zero-order chi connectivity index (χ0) is 22.4. The highest BCUT2D eigenvalue weighted by molar-refractivity contribution is 5.70. The number of hydrogen-bond acceptors (Lipinski definition) is 4. The third kappa shape index (κ3) is 4.06. The van der Waals surface area contributed by atoms with E-state index in [0.717, 1.165) is 31.3 Å². The quantitative estimate of drug-likeness (QED) is 0.452. The molecule has 4 atom stereocenters. The molecular formula is C25H40O5. The normalized spacial score (nSPS) is 37.7. The first-order valence-electron chi connectivity index (χ1n) is 11.6. The van der Waals surface area contributed by atoms with Gasteiger partial charge in [0.05, 0.1) is 17.6 Å². The van der Waals surface area contributed by atoms with Crippen LogP contribution >= 0.6 is 0 Å². The van der Waals surface area contributed by atoms with E-state index in [1.807, 2.05) is 20.8 Å². The summed E-state index contributed by atoms with van der Waals surface area (Å²) in [4.78, 5) is 23.8. The predicted molar refractivity (Wildman–Crippen MR) is 116 cm³/mol. The lowest BCUT2D eigenvalue weighted by Crippen LogP contribution is -2.60. The van der Waals surface area contributed by atoms with Crippen LogP contribution in [0.2, 0.25) is 0 Å². The molecule has 0 amide bonds. The van der Waals surface area contributed by atoms with E-state index in [-0.39, 0.29) is 35.7 Å². The molecule has 1 heterocycles. The second-order valence-corrected chi connectivity index (χ2v) is 11.5. The topological polar surface area (TPSA) is 72.8 Å². The lowest BCUT2D eigenvalue weighted by Gasteiger charge is -2.61. The fraction of sp³-hybridized carbons (Fsp3) is 0.840. The number of allylic oxidation sites excluding steroid dienone is 1. The fourth-order valence-corrected chi connectivity index (χ4v) is 6.74. The molecule has 1 unspecified atom stereocenters. The van der Waals surface area contributed by atoms with Crippen LogP contribution in [0.25, 0.3) is 0 Å². The van der Waals surface area contributed by atoms with E-state index >= 15 is 0 Å².